The predicted octanol–water partition coefficient (Wildman–Crippen LogP) is 3.94. The Balaban J connectivity index is 1.82. The number of aromatic nitrogens is 3. The van der Waals surface area contributed by atoms with Crippen molar-refractivity contribution in [2.45, 2.75) is 26.4 Å². The number of carbonyl (C=O) groups is 1. The smallest absolute Gasteiger partial charge is 0.351 e. The minimum absolute atomic E-state index is 0.0171. The fourth-order valence-corrected chi connectivity index (χ4v) is 3.66. The van der Waals surface area contributed by atoms with Crippen LogP contribution in [0.5, 0.6) is 0 Å². The molecule has 0 aliphatic heterocycles. The molecule has 0 atom stereocenters. The highest BCUT2D eigenvalue weighted by atomic mass is 32.1. The average Bonchev–Trinajstić information content (AvgIpc) is 3.36. The second-order valence-corrected chi connectivity index (χ2v) is 7.39. The van der Waals surface area contributed by atoms with E-state index in [1.54, 1.807) is 17.5 Å². The number of alkyl halides is 3. The van der Waals surface area contributed by atoms with Crippen molar-refractivity contribution in [1.82, 2.24) is 24.8 Å². The second-order valence-electron chi connectivity index (χ2n) is 6.44. The number of rotatable bonds is 8. The maximum absolute atomic E-state index is 13.6. The van der Waals surface area contributed by atoms with Crippen LogP contribution in [-0.2, 0) is 6.18 Å². The van der Waals surface area contributed by atoms with Crippen LogP contribution in [0.1, 0.15) is 36.5 Å². The zero-order chi connectivity index (χ0) is 21.0. The Morgan fingerprint density at radius 2 is 2.03 bits per heavy atom. The number of hydrogen-bond acceptors (Lipinski definition) is 5. The Hall–Kier alpha value is -2.46. The van der Waals surface area contributed by atoms with E-state index in [1.807, 2.05) is 0 Å². The van der Waals surface area contributed by atoms with Crippen LogP contribution in [0.25, 0.3) is 16.2 Å². The summed E-state index contributed by atoms with van der Waals surface area (Å²) in [7, 11) is 0. The molecular weight excluding hydrogens is 403 g/mol. The summed E-state index contributed by atoms with van der Waals surface area (Å²) < 4.78 is 41.3. The van der Waals surface area contributed by atoms with E-state index in [4.69, 9.17) is 0 Å². The lowest BCUT2D eigenvalue weighted by atomic mass is 10.2. The lowest BCUT2D eigenvalue weighted by molar-refractivity contribution is -0.142. The summed E-state index contributed by atoms with van der Waals surface area (Å²) in [5.74, 6) is -0.513. The molecule has 0 spiro atoms. The first kappa shape index (κ1) is 21.3. The molecule has 6 nitrogen and oxygen atoms in total. The molecule has 0 aliphatic rings. The second kappa shape index (κ2) is 8.91. The molecule has 0 saturated carbocycles. The van der Waals surface area contributed by atoms with Crippen LogP contribution in [-0.4, -0.2) is 51.6 Å². The van der Waals surface area contributed by atoms with Crippen molar-refractivity contribution in [2.24, 2.45) is 0 Å². The van der Waals surface area contributed by atoms with E-state index in [0.717, 1.165) is 32.1 Å². The van der Waals surface area contributed by atoms with E-state index in [9.17, 15) is 18.0 Å². The first-order valence-electron chi connectivity index (χ1n) is 9.36. The van der Waals surface area contributed by atoms with Crippen LogP contribution in [0.15, 0.2) is 29.6 Å². The van der Waals surface area contributed by atoms with Gasteiger partial charge in [0, 0.05) is 12.6 Å². The van der Waals surface area contributed by atoms with Crippen molar-refractivity contribution < 1.29 is 18.0 Å². The van der Waals surface area contributed by atoms with Crippen molar-refractivity contribution in [3.8, 4) is 10.6 Å². The number of carbonyl (C=O) groups excluding carboxylic acids is 1. The van der Waals surface area contributed by atoms with Gasteiger partial charge in [-0.15, -0.1) is 11.3 Å². The van der Waals surface area contributed by atoms with Crippen molar-refractivity contribution >= 4 is 22.9 Å². The van der Waals surface area contributed by atoms with Crippen LogP contribution in [0.3, 0.4) is 0 Å². The third-order valence-corrected chi connectivity index (χ3v) is 5.45. The van der Waals surface area contributed by atoms with Crippen molar-refractivity contribution in [1.29, 1.82) is 0 Å². The summed E-state index contributed by atoms with van der Waals surface area (Å²) in [6.07, 6.45) is -3.88. The molecule has 1 amide bonds. The van der Waals surface area contributed by atoms with Gasteiger partial charge in [0.15, 0.2) is 17.0 Å². The number of nitrogens with one attached hydrogen (secondary N) is 1. The molecule has 0 bridgehead atoms. The fraction of sp³-hybridized carbons (Fsp3) is 0.421. The molecule has 3 aromatic rings. The largest absolute Gasteiger partial charge is 0.433 e. The minimum atomic E-state index is -4.63. The van der Waals surface area contributed by atoms with E-state index >= 15 is 0 Å². The van der Waals surface area contributed by atoms with E-state index < -0.39 is 17.8 Å². The van der Waals surface area contributed by atoms with Crippen molar-refractivity contribution in [2.75, 3.05) is 26.2 Å². The fourth-order valence-electron chi connectivity index (χ4n) is 2.97. The Kier molecular flexibility index (Phi) is 6.53. The Bertz CT molecular complexity index is 964. The lowest BCUT2D eigenvalue weighted by Gasteiger charge is -2.17. The molecule has 0 unspecified atom stereocenters. The van der Waals surface area contributed by atoms with Crippen molar-refractivity contribution in [3.05, 3.63) is 41.0 Å². The minimum Gasteiger partial charge on any atom is -0.351 e. The van der Waals surface area contributed by atoms with Gasteiger partial charge < -0.3 is 10.2 Å². The first-order valence-corrected chi connectivity index (χ1v) is 10.2. The van der Waals surface area contributed by atoms with Crippen molar-refractivity contribution in [3.63, 3.8) is 0 Å². The summed E-state index contributed by atoms with van der Waals surface area (Å²) in [6, 6.07) is 5.68. The highest BCUT2D eigenvalue weighted by molar-refractivity contribution is 7.13. The van der Waals surface area contributed by atoms with Crippen LogP contribution in [0, 0.1) is 0 Å². The lowest BCUT2D eigenvalue weighted by Crippen LogP contribution is -2.30. The summed E-state index contributed by atoms with van der Waals surface area (Å²) >= 11 is 1.29. The summed E-state index contributed by atoms with van der Waals surface area (Å²) in [4.78, 5) is 19.5. The summed E-state index contributed by atoms with van der Waals surface area (Å²) in [5.41, 5.74) is -0.872. The third kappa shape index (κ3) is 4.94. The maximum atomic E-state index is 13.6. The van der Waals surface area contributed by atoms with Crippen LogP contribution >= 0.6 is 11.3 Å². The molecule has 3 heterocycles. The molecule has 10 heteroatoms. The number of halogens is 3. The van der Waals surface area contributed by atoms with Gasteiger partial charge in [0.25, 0.3) is 5.91 Å². The number of hydrogen-bond donors (Lipinski definition) is 1. The zero-order valence-corrected chi connectivity index (χ0v) is 17.0. The topological polar surface area (TPSA) is 62.5 Å². The monoisotopic (exact) mass is 425 g/mol. The number of fused-ring (bicyclic) bond motifs is 1. The van der Waals surface area contributed by atoms with Gasteiger partial charge in [0.1, 0.15) is 0 Å². The number of nitrogens with zero attached hydrogens (tertiary/aromatic N) is 4. The molecule has 1 N–H and O–H groups in total. The molecule has 0 aliphatic carbocycles. The highest BCUT2D eigenvalue weighted by Gasteiger charge is 2.35. The molecule has 3 aromatic heterocycles. The van der Waals surface area contributed by atoms with Gasteiger partial charge in [-0.05, 0) is 43.6 Å². The van der Waals surface area contributed by atoms with Gasteiger partial charge in [-0.3, -0.25) is 4.79 Å². The molecule has 29 heavy (non-hydrogen) atoms. The van der Waals surface area contributed by atoms with Gasteiger partial charge in [-0.25, -0.2) is 9.50 Å². The van der Waals surface area contributed by atoms with Crippen LogP contribution in [0.2, 0.25) is 0 Å². The third-order valence-electron chi connectivity index (χ3n) is 4.55. The normalized spacial score (nSPS) is 12.1. The Morgan fingerprint density at radius 1 is 1.28 bits per heavy atom. The first-order chi connectivity index (χ1) is 13.8. The van der Waals surface area contributed by atoms with E-state index in [2.05, 4.69) is 34.1 Å². The molecular formula is C19H22F3N5OS. The highest BCUT2D eigenvalue weighted by Crippen LogP contribution is 2.33. The van der Waals surface area contributed by atoms with Gasteiger partial charge >= 0.3 is 6.18 Å². The number of thiophene rings is 1. The van der Waals surface area contributed by atoms with Gasteiger partial charge in [-0.2, -0.15) is 18.3 Å². The maximum Gasteiger partial charge on any atom is 0.433 e. The zero-order valence-electron chi connectivity index (χ0n) is 16.2. The van der Waals surface area contributed by atoms with E-state index in [1.165, 1.54) is 17.4 Å². The number of amides is 1. The van der Waals surface area contributed by atoms with Gasteiger partial charge in [0.05, 0.1) is 10.6 Å². The SMILES string of the molecule is CCN(CC)CCCNC(=O)c1cc2nc(-c3cccs3)cc(C(F)(F)F)n2n1. The predicted molar refractivity (Wildman–Crippen MR) is 106 cm³/mol. The van der Waals surface area contributed by atoms with Crippen LogP contribution in [0.4, 0.5) is 13.2 Å². The van der Waals surface area contributed by atoms with E-state index in [-0.39, 0.29) is 17.0 Å². The summed E-state index contributed by atoms with van der Waals surface area (Å²) in [5, 5.41) is 8.34. The standard InChI is InChI=1S/C19H22F3N5OS/c1-3-26(4-2)9-6-8-23-18(28)14-12-17-24-13(15-7-5-10-29-15)11-16(19(20,21)22)27(17)25-14/h5,7,10-12H,3-4,6,8-9H2,1-2H3,(H,23,28). The average molecular weight is 425 g/mol. The Morgan fingerprint density at radius 3 is 2.66 bits per heavy atom. The van der Waals surface area contributed by atoms with Gasteiger partial charge in [-0.1, -0.05) is 19.9 Å². The quantitative estimate of drug-likeness (QED) is 0.556. The molecule has 0 fully saturated rings. The Labute approximate surface area is 170 Å². The molecule has 0 radical (unpaired) electrons. The summed E-state index contributed by atoms with van der Waals surface area (Å²) in [6.45, 7) is 7.24. The molecule has 0 saturated heterocycles. The van der Waals surface area contributed by atoms with E-state index in [0.29, 0.717) is 15.9 Å². The van der Waals surface area contributed by atoms with Crippen LogP contribution < -0.4 is 5.32 Å². The molecule has 0 aromatic carbocycles. The molecule has 3 rings (SSSR count). The molecule has 156 valence electrons. The van der Waals surface area contributed by atoms with Gasteiger partial charge in [0.2, 0.25) is 0 Å².